The zero-order chi connectivity index (χ0) is 15.5. The number of rotatable bonds is 4. The zero-order valence-electron chi connectivity index (χ0n) is 11.8. The number of hydrogen-bond acceptors (Lipinski definition) is 2. The van der Waals surface area contributed by atoms with Crippen LogP contribution < -0.4 is 0 Å². The SMILES string of the molecule is O=C(O)CCc1ccc(-c2ccnc3cc(Cl)ccc23)cc1. The van der Waals surface area contributed by atoms with Gasteiger partial charge in [-0.2, -0.15) is 0 Å². The van der Waals surface area contributed by atoms with E-state index in [1.54, 1.807) is 6.20 Å². The van der Waals surface area contributed by atoms with Crippen LogP contribution in [0.4, 0.5) is 0 Å². The number of carboxylic acids is 1. The van der Waals surface area contributed by atoms with E-state index in [1.165, 1.54) is 0 Å². The fraction of sp³-hybridized carbons (Fsp3) is 0.111. The smallest absolute Gasteiger partial charge is 0.303 e. The van der Waals surface area contributed by atoms with E-state index in [0.29, 0.717) is 11.4 Å². The molecule has 0 saturated heterocycles. The summed E-state index contributed by atoms with van der Waals surface area (Å²) in [5.41, 5.74) is 4.05. The molecular formula is C18H14ClNO2. The maximum atomic E-state index is 10.6. The van der Waals surface area contributed by atoms with Gasteiger partial charge in [-0.05, 0) is 41.3 Å². The fourth-order valence-electron chi connectivity index (χ4n) is 2.48. The Morgan fingerprint density at radius 1 is 1.09 bits per heavy atom. The first-order chi connectivity index (χ1) is 10.6. The van der Waals surface area contributed by atoms with Crippen LogP contribution >= 0.6 is 11.6 Å². The maximum absolute atomic E-state index is 10.6. The predicted molar refractivity (Wildman–Crippen MR) is 88.1 cm³/mol. The Balaban J connectivity index is 1.96. The van der Waals surface area contributed by atoms with Crippen molar-refractivity contribution in [3.8, 4) is 11.1 Å². The van der Waals surface area contributed by atoms with Gasteiger partial charge in [0.25, 0.3) is 0 Å². The van der Waals surface area contributed by atoms with Crippen LogP contribution in [0.25, 0.3) is 22.0 Å². The molecule has 110 valence electrons. The van der Waals surface area contributed by atoms with Gasteiger partial charge in [-0.3, -0.25) is 9.78 Å². The lowest BCUT2D eigenvalue weighted by molar-refractivity contribution is -0.136. The number of benzene rings is 2. The van der Waals surface area contributed by atoms with Crippen LogP contribution in [0.2, 0.25) is 5.02 Å². The monoisotopic (exact) mass is 311 g/mol. The number of fused-ring (bicyclic) bond motifs is 1. The Hall–Kier alpha value is -2.39. The van der Waals surface area contributed by atoms with Gasteiger partial charge in [0, 0.05) is 23.0 Å². The number of pyridine rings is 1. The van der Waals surface area contributed by atoms with Crippen molar-refractivity contribution in [2.24, 2.45) is 0 Å². The third-order valence-electron chi connectivity index (χ3n) is 3.60. The summed E-state index contributed by atoms with van der Waals surface area (Å²) in [6.45, 7) is 0. The van der Waals surface area contributed by atoms with Gasteiger partial charge in [-0.1, -0.05) is 41.9 Å². The highest BCUT2D eigenvalue weighted by Gasteiger charge is 2.06. The normalized spacial score (nSPS) is 10.8. The lowest BCUT2D eigenvalue weighted by Gasteiger charge is -2.08. The summed E-state index contributed by atoms with van der Waals surface area (Å²) in [5, 5.41) is 10.4. The average molecular weight is 312 g/mol. The first-order valence-corrected chi connectivity index (χ1v) is 7.36. The van der Waals surface area contributed by atoms with E-state index in [-0.39, 0.29) is 6.42 Å². The molecule has 4 heteroatoms. The molecule has 0 saturated carbocycles. The van der Waals surface area contributed by atoms with E-state index >= 15 is 0 Å². The molecule has 0 aliphatic carbocycles. The van der Waals surface area contributed by atoms with E-state index in [2.05, 4.69) is 4.98 Å². The lowest BCUT2D eigenvalue weighted by Crippen LogP contribution is -1.97. The minimum Gasteiger partial charge on any atom is -0.481 e. The van der Waals surface area contributed by atoms with Gasteiger partial charge in [0.05, 0.1) is 5.52 Å². The number of aryl methyl sites for hydroxylation is 1. The Morgan fingerprint density at radius 2 is 1.86 bits per heavy atom. The van der Waals surface area contributed by atoms with Crippen LogP contribution in [0.5, 0.6) is 0 Å². The second-order valence-electron chi connectivity index (χ2n) is 5.11. The Labute approximate surface area is 133 Å². The number of carbonyl (C=O) groups is 1. The first kappa shape index (κ1) is 14.5. The minimum absolute atomic E-state index is 0.149. The molecule has 3 aromatic rings. The summed E-state index contributed by atoms with van der Waals surface area (Å²) in [4.78, 5) is 15.0. The summed E-state index contributed by atoms with van der Waals surface area (Å²) in [5.74, 6) is -0.777. The van der Waals surface area contributed by atoms with Crippen LogP contribution in [-0.2, 0) is 11.2 Å². The summed E-state index contributed by atoms with van der Waals surface area (Å²) in [6.07, 6.45) is 2.46. The molecule has 2 aromatic carbocycles. The molecule has 1 N–H and O–H groups in total. The van der Waals surface area contributed by atoms with Crippen LogP contribution in [0.1, 0.15) is 12.0 Å². The highest BCUT2D eigenvalue weighted by Crippen LogP contribution is 2.29. The molecule has 0 unspecified atom stereocenters. The van der Waals surface area contributed by atoms with Gasteiger partial charge < -0.3 is 5.11 Å². The molecule has 0 radical (unpaired) electrons. The Kier molecular flexibility index (Phi) is 4.07. The summed E-state index contributed by atoms with van der Waals surface area (Å²) in [7, 11) is 0. The summed E-state index contributed by atoms with van der Waals surface area (Å²) >= 11 is 6.01. The van der Waals surface area contributed by atoms with Crippen molar-refractivity contribution in [2.75, 3.05) is 0 Å². The van der Waals surface area contributed by atoms with E-state index in [9.17, 15) is 4.79 Å². The van der Waals surface area contributed by atoms with Crippen molar-refractivity contribution in [2.45, 2.75) is 12.8 Å². The third-order valence-corrected chi connectivity index (χ3v) is 3.83. The molecule has 0 amide bonds. The largest absolute Gasteiger partial charge is 0.481 e. The van der Waals surface area contributed by atoms with E-state index in [1.807, 2.05) is 48.5 Å². The third kappa shape index (κ3) is 3.10. The molecule has 0 fully saturated rings. The van der Waals surface area contributed by atoms with Gasteiger partial charge >= 0.3 is 5.97 Å². The highest BCUT2D eigenvalue weighted by atomic mass is 35.5. The maximum Gasteiger partial charge on any atom is 0.303 e. The van der Waals surface area contributed by atoms with Crippen LogP contribution in [0, 0.1) is 0 Å². The quantitative estimate of drug-likeness (QED) is 0.767. The molecular weight excluding hydrogens is 298 g/mol. The molecule has 1 heterocycles. The van der Waals surface area contributed by atoms with Gasteiger partial charge in [0.15, 0.2) is 0 Å². The number of hydrogen-bond donors (Lipinski definition) is 1. The van der Waals surface area contributed by atoms with Crippen molar-refractivity contribution in [1.29, 1.82) is 0 Å². The molecule has 3 rings (SSSR count). The zero-order valence-corrected chi connectivity index (χ0v) is 12.5. The topological polar surface area (TPSA) is 50.2 Å². The summed E-state index contributed by atoms with van der Waals surface area (Å²) < 4.78 is 0. The first-order valence-electron chi connectivity index (χ1n) is 6.99. The number of aliphatic carboxylic acids is 1. The van der Waals surface area contributed by atoms with Crippen LogP contribution in [0.3, 0.4) is 0 Å². The van der Waals surface area contributed by atoms with Gasteiger partial charge in [0.1, 0.15) is 0 Å². The second-order valence-corrected chi connectivity index (χ2v) is 5.55. The van der Waals surface area contributed by atoms with E-state index < -0.39 is 5.97 Å². The second kappa shape index (κ2) is 6.16. The van der Waals surface area contributed by atoms with Crippen molar-refractivity contribution in [1.82, 2.24) is 4.98 Å². The predicted octanol–water partition coefficient (Wildman–Crippen LogP) is 4.57. The number of aromatic nitrogens is 1. The molecule has 0 atom stereocenters. The average Bonchev–Trinajstić information content (AvgIpc) is 2.52. The lowest BCUT2D eigenvalue weighted by atomic mass is 9.99. The molecule has 1 aromatic heterocycles. The number of nitrogens with zero attached hydrogens (tertiary/aromatic N) is 1. The Morgan fingerprint density at radius 3 is 2.59 bits per heavy atom. The van der Waals surface area contributed by atoms with Crippen molar-refractivity contribution in [3.05, 3.63) is 65.3 Å². The summed E-state index contributed by atoms with van der Waals surface area (Å²) in [6, 6.07) is 15.6. The van der Waals surface area contributed by atoms with Gasteiger partial charge in [-0.25, -0.2) is 0 Å². The molecule has 22 heavy (non-hydrogen) atoms. The van der Waals surface area contributed by atoms with Gasteiger partial charge in [0.2, 0.25) is 0 Å². The number of halogens is 1. The van der Waals surface area contributed by atoms with Crippen molar-refractivity contribution < 1.29 is 9.90 Å². The molecule has 0 aliphatic heterocycles. The van der Waals surface area contributed by atoms with Gasteiger partial charge in [-0.15, -0.1) is 0 Å². The molecule has 0 aliphatic rings. The standard InChI is InChI=1S/C18H14ClNO2/c19-14-6-7-16-15(9-10-20-17(16)11-14)13-4-1-12(2-5-13)3-8-18(21)22/h1-2,4-7,9-11H,3,8H2,(H,21,22). The number of carboxylic acid groups (broad SMARTS) is 1. The van der Waals surface area contributed by atoms with Crippen LogP contribution in [0.15, 0.2) is 54.7 Å². The molecule has 0 spiro atoms. The van der Waals surface area contributed by atoms with Crippen molar-refractivity contribution >= 4 is 28.5 Å². The molecule has 3 nitrogen and oxygen atoms in total. The Bertz CT molecular complexity index is 828. The van der Waals surface area contributed by atoms with Crippen molar-refractivity contribution in [3.63, 3.8) is 0 Å². The fourth-order valence-corrected chi connectivity index (χ4v) is 2.64. The van der Waals surface area contributed by atoms with Crippen LogP contribution in [-0.4, -0.2) is 16.1 Å². The highest BCUT2D eigenvalue weighted by molar-refractivity contribution is 6.31. The van der Waals surface area contributed by atoms with E-state index in [0.717, 1.165) is 27.6 Å². The molecule has 0 bridgehead atoms. The minimum atomic E-state index is -0.777. The van der Waals surface area contributed by atoms with E-state index in [4.69, 9.17) is 16.7 Å².